The first-order valence-corrected chi connectivity index (χ1v) is 8.95. The van der Waals surface area contributed by atoms with E-state index in [4.69, 9.17) is 10.5 Å². The van der Waals surface area contributed by atoms with Crippen LogP contribution in [0.5, 0.6) is 0 Å². The van der Waals surface area contributed by atoms with Gasteiger partial charge in [0, 0.05) is 6.20 Å². The number of primary amides is 1. The Morgan fingerprint density at radius 1 is 1.40 bits per heavy atom. The average Bonchev–Trinajstić information content (AvgIpc) is 2.99. The molecule has 0 unspecified atom stereocenters. The summed E-state index contributed by atoms with van der Waals surface area (Å²) in [6, 6.07) is 0. The van der Waals surface area contributed by atoms with Gasteiger partial charge < -0.3 is 15.8 Å². The van der Waals surface area contributed by atoms with Crippen molar-refractivity contribution in [3.63, 3.8) is 0 Å². The molecule has 134 valence electrons. The molecule has 0 saturated carbocycles. The first kappa shape index (κ1) is 19.1. The number of carbonyl (C=O) groups is 3. The Morgan fingerprint density at radius 2 is 2.08 bits per heavy atom. The summed E-state index contributed by atoms with van der Waals surface area (Å²) in [4.78, 5) is 36.2. The van der Waals surface area contributed by atoms with E-state index in [0.717, 1.165) is 21.5 Å². The highest BCUT2D eigenvalue weighted by atomic mass is 79.9. The summed E-state index contributed by atoms with van der Waals surface area (Å²) in [7, 11) is 0. The molecule has 0 spiro atoms. The zero-order valence-electron chi connectivity index (χ0n) is 13.9. The van der Waals surface area contributed by atoms with E-state index < -0.39 is 17.8 Å². The molecule has 10 heteroatoms. The van der Waals surface area contributed by atoms with Gasteiger partial charge >= 0.3 is 5.97 Å². The molecule has 3 N–H and O–H groups in total. The molecule has 0 aliphatic carbocycles. The van der Waals surface area contributed by atoms with Crippen LogP contribution >= 0.6 is 27.3 Å². The summed E-state index contributed by atoms with van der Waals surface area (Å²) in [5, 5.41) is 7.05. The standard InChI is InChI=1S/C15H17BrN4O4S/c1-4-24-15(23)11-7(2)12(13(17)22)25-14(11)18-10(21)6-20-5-9(16)8(3)19-20/h5H,4,6H2,1-3H3,(H2,17,22)(H,18,21). The maximum Gasteiger partial charge on any atom is 0.341 e. The fourth-order valence-electron chi connectivity index (χ4n) is 2.17. The molecule has 0 aliphatic heterocycles. The molecule has 0 fully saturated rings. The number of hydrogen-bond acceptors (Lipinski definition) is 6. The lowest BCUT2D eigenvalue weighted by Crippen LogP contribution is -2.20. The Bertz CT molecular complexity index is 823. The van der Waals surface area contributed by atoms with E-state index in [1.54, 1.807) is 27.0 Å². The topological polar surface area (TPSA) is 116 Å². The molecule has 2 aromatic heterocycles. The number of anilines is 1. The Morgan fingerprint density at radius 3 is 2.60 bits per heavy atom. The summed E-state index contributed by atoms with van der Waals surface area (Å²) >= 11 is 4.27. The van der Waals surface area contributed by atoms with Gasteiger partial charge in [0.05, 0.1) is 27.2 Å². The number of amides is 2. The van der Waals surface area contributed by atoms with Crippen LogP contribution in [0.25, 0.3) is 0 Å². The number of hydrogen-bond donors (Lipinski definition) is 2. The summed E-state index contributed by atoms with van der Waals surface area (Å²) in [5.41, 5.74) is 6.62. The van der Waals surface area contributed by atoms with E-state index in [0.29, 0.717) is 5.56 Å². The Balaban J connectivity index is 2.27. The number of rotatable bonds is 6. The normalized spacial score (nSPS) is 10.6. The number of thiophene rings is 1. The monoisotopic (exact) mass is 428 g/mol. The molecule has 0 atom stereocenters. The van der Waals surface area contributed by atoms with E-state index >= 15 is 0 Å². The van der Waals surface area contributed by atoms with Gasteiger partial charge in [-0.3, -0.25) is 14.3 Å². The first-order valence-electron chi connectivity index (χ1n) is 7.34. The average molecular weight is 429 g/mol. The minimum Gasteiger partial charge on any atom is -0.462 e. The second-order valence-electron chi connectivity index (χ2n) is 5.15. The molecular weight excluding hydrogens is 412 g/mol. The van der Waals surface area contributed by atoms with E-state index in [-0.39, 0.29) is 28.6 Å². The van der Waals surface area contributed by atoms with Crippen molar-refractivity contribution in [2.75, 3.05) is 11.9 Å². The van der Waals surface area contributed by atoms with Crippen LogP contribution in [0.15, 0.2) is 10.7 Å². The second-order valence-corrected chi connectivity index (χ2v) is 7.03. The minimum absolute atomic E-state index is 0.0441. The molecule has 0 bridgehead atoms. The van der Waals surface area contributed by atoms with Crippen LogP contribution in [0.3, 0.4) is 0 Å². The highest BCUT2D eigenvalue weighted by Crippen LogP contribution is 2.33. The van der Waals surface area contributed by atoms with Gasteiger partial charge in [-0.15, -0.1) is 11.3 Å². The fraction of sp³-hybridized carbons (Fsp3) is 0.333. The van der Waals surface area contributed by atoms with Crippen LogP contribution in [0.4, 0.5) is 5.00 Å². The van der Waals surface area contributed by atoms with Gasteiger partial charge in [0.1, 0.15) is 11.5 Å². The lowest BCUT2D eigenvalue weighted by molar-refractivity contribution is -0.116. The van der Waals surface area contributed by atoms with Crippen LogP contribution < -0.4 is 11.1 Å². The van der Waals surface area contributed by atoms with Gasteiger partial charge in [-0.25, -0.2) is 4.79 Å². The van der Waals surface area contributed by atoms with E-state index in [1.165, 1.54) is 4.68 Å². The summed E-state index contributed by atoms with van der Waals surface area (Å²) in [6.07, 6.45) is 1.68. The van der Waals surface area contributed by atoms with Crippen molar-refractivity contribution >= 4 is 50.1 Å². The maximum atomic E-state index is 12.3. The molecule has 0 saturated heterocycles. The highest BCUT2D eigenvalue weighted by molar-refractivity contribution is 9.10. The smallest absolute Gasteiger partial charge is 0.341 e. The Labute approximate surface area is 156 Å². The van der Waals surface area contributed by atoms with Crippen molar-refractivity contribution in [1.29, 1.82) is 0 Å². The molecule has 0 aliphatic rings. The van der Waals surface area contributed by atoms with Crippen molar-refractivity contribution in [3.05, 3.63) is 32.4 Å². The molecule has 8 nitrogen and oxygen atoms in total. The minimum atomic E-state index is -0.667. The van der Waals surface area contributed by atoms with Gasteiger partial charge in [0.25, 0.3) is 5.91 Å². The first-order chi connectivity index (χ1) is 11.7. The third-order valence-electron chi connectivity index (χ3n) is 3.30. The third-order valence-corrected chi connectivity index (χ3v) is 5.30. The van der Waals surface area contributed by atoms with E-state index in [2.05, 4.69) is 26.3 Å². The van der Waals surface area contributed by atoms with Gasteiger partial charge in [-0.05, 0) is 42.3 Å². The van der Waals surface area contributed by atoms with E-state index in [1.807, 2.05) is 0 Å². The Hall–Kier alpha value is -2.20. The lowest BCUT2D eigenvalue weighted by Gasteiger charge is -2.07. The van der Waals surface area contributed by atoms with Crippen LogP contribution in [-0.2, 0) is 16.1 Å². The highest BCUT2D eigenvalue weighted by Gasteiger charge is 2.25. The maximum absolute atomic E-state index is 12.3. The molecule has 2 amide bonds. The molecule has 2 aromatic rings. The molecule has 2 heterocycles. The zero-order valence-corrected chi connectivity index (χ0v) is 16.3. The lowest BCUT2D eigenvalue weighted by atomic mass is 10.1. The fourth-order valence-corrected chi connectivity index (χ4v) is 3.55. The van der Waals surface area contributed by atoms with Crippen LogP contribution in [0.2, 0.25) is 0 Å². The van der Waals surface area contributed by atoms with Crippen LogP contribution in [0.1, 0.15) is 38.2 Å². The number of nitrogens with one attached hydrogen (secondary N) is 1. The summed E-state index contributed by atoms with van der Waals surface area (Å²) in [6.45, 7) is 5.20. The molecule has 2 rings (SSSR count). The third kappa shape index (κ3) is 4.26. The van der Waals surface area contributed by atoms with Gasteiger partial charge in [0.15, 0.2) is 0 Å². The number of aromatic nitrogens is 2. The van der Waals surface area contributed by atoms with Gasteiger partial charge in [-0.1, -0.05) is 0 Å². The number of nitrogens with zero attached hydrogens (tertiary/aromatic N) is 2. The second kappa shape index (κ2) is 7.79. The van der Waals surface area contributed by atoms with Crippen molar-refractivity contribution in [2.24, 2.45) is 5.73 Å². The van der Waals surface area contributed by atoms with Crippen molar-refractivity contribution < 1.29 is 19.1 Å². The van der Waals surface area contributed by atoms with Crippen LogP contribution in [-0.4, -0.2) is 34.2 Å². The van der Waals surface area contributed by atoms with Gasteiger partial charge in [0.2, 0.25) is 5.91 Å². The molecule has 0 aromatic carbocycles. The predicted octanol–water partition coefficient (Wildman–Crippen LogP) is 2.24. The summed E-state index contributed by atoms with van der Waals surface area (Å²) in [5.74, 6) is -1.67. The quantitative estimate of drug-likeness (QED) is 0.684. The Kier molecular flexibility index (Phi) is 5.96. The zero-order chi connectivity index (χ0) is 18.7. The number of halogens is 1. The molecular formula is C15H17BrN4O4S. The summed E-state index contributed by atoms with van der Waals surface area (Å²) < 4.78 is 7.26. The number of ether oxygens (including phenoxy) is 1. The van der Waals surface area contributed by atoms with Crippen LogP contribution in [0, 0.1) is 13.8 Å². The molecule has 0 radical (unpaired) electrons. The van der Waals surface area contributed by atoms with Crippen molar-refractivity contribution in [2.45, 2.75) is 27.3 Å². The number of esters is 1. The SMILES string of the molecule is CCOC(=O)c1c(NC(=O)Cn2cc(Br)c(C)n2)sc(C(N)=O)c1C. The predicted molar refractivity (Wildman–Crippen MR) is 96.8 cm³/mol. The van der Waals surface area contributed by atoms with Crippen molar-refractivity contribution in [3.8, 4) is 0 Å². The molecule has 25 heavy (non-hydrogen) atoms. The van der Waals surface area contributed by atoms with E-state index in [9.17, 15) is 14.4 Å². The number of nitrogens with two attached hydrogens (primary N) is 1. The van der Waals surface area contributed by atoms with Crippen molar-refractivity contribution in [1.82, 2.24) is 9.78 Å². The number of aryl methyl sites for hydroxylation is 1. The largest absolute Gasteiger partial charge is 0.462 e. The van der Waals surface area contributed by atoms with Gasteiger partial charge in [-0.2, -0.15) is 5.10 Å². The number of carbonyl (C=O) groups excluding carboxylic acids is 3.